The van der Waals surface area contributed by atoms with Gasteiger partial charge in [-0.1, -0.05) is 0 Å². The molecule has 0 fully saturated rings. The first kappa shape index (κ1) is 8.30. The van der Waals surface area contributed by atoms with Crippen LogP contribution in [0.3, 0.4) is 0 Å². The van der Waals surface area contributed by atoms with Crippen LogP contribution in [0.15, 0.2) is 24.4 Å². The maximum absolute atomic E-state index is 12.9. The van der Waals surface area contributed by atoms with Crippen LogP contribution in [0.25, 0.3) is 10.9 Å². The molecule has 1 heterocycles. The molecule has 0 spiro atoms. The smallest absolute Gasteiger partial charge is 0.123 e. The predicted octanol–water partition coefficient (Wildman–Crippen LogP) is 3.11. The third-order valence-electron chi connectivity index (χ3n) is 2.38. The van der Waals surface area contributed by atoms with Crippen LogP contribution >= 0.6 is 0 Å². The van der Waals surface area contributed by atoms with E-state index in [1.807, 2.05) is 13.0 Å². The second-order valence-electron chi connectivity index (χ2n) is 3.26. The van der Waals surface area contributed by atoms with Gasteiger partial charge in [-0.3, -0.25) is 0 Å². The summed E-state index contributed by atoms with van der Waals surface area (Å²) in [5.41, 5.74) is 2.25. The van der Waals surface area contributed by atoms with Crippen molar-refractivity contribution >= 4 is 10.9 Å². The molecule has 1 nitrogen and oxygen atoms in total. The second-order valence-corrected chi connectivity index (χ2v) is 3.26. The number of hydrogen-bond acceptors (Lipinski definition) is 0. The van der Waals surface area contributed by atoms with E-state index >= 15 is 0 Å². The fraction of sp³-hybridized carbons (Fsp3) is 0.273. The molecule has 2 rings (SSSR count). The zero-order valence-electron chi connectivity index (χ0n) is 7.84. The number of aromatic nitrogens is 1. The van der Waals surface area contributed by atoms with Crippen LogP contribution in [0.2, 0.25) is 0 Å². The van der Waals surface area contributed by atoms with E-state index in [1.54, 1.807) is 6.07 Å². The maximum Gasteiger partial charge on any atom is 0.123 e. The standard InChI is InChI=1S/C11H12FN/c1-3-13-7-8(2)10-6-9(12)4-5-11(10)13/h4-7H,3H2,1-2H3. The molecule has 0 amide bonds. The summed E-state index contributed by atoms with van der Waals surface area (Å²) < 4.78 is 15.0. The van der Waals surface area contributed by atoms with E-state index in [-0.39, 0.29) is 5.82 Å². The first-order valence-electron chi connectivity index (χ1n) is 4.47. The molecule has 0 radical (unpaired) electrons. The summed E-state index contributed by atoms with van der Waals surface area (Å²) in [5, 5.41) is 1.02. The molecule has 0 aliphatic heterocycles. The fourth-order valence-corrected chi connectivity index (χ4v) is 1.71. The second kappa shape index (κ2) is 2.87. The molecule has 0 aliphatic carbocycles. The van der Waals surface area contributed by atoms with Gasteiger partial charge in [-0.25, -0.2) is 4.39 Å². The Hall–Kier alpha value is -1.31. The van der Waals surface area contributed by atoms with Crippen LogP contribution < -0.4 is 0 Å². The van der Waals surface area contributed by atoms with E-state index < -0.39 is 0 Å². The Labute approximate surface area is 76.8 Å². The van der Waals surface area contributed by atoms with Gasteiger partial charge in [0.05, 0.1) is 0 Å². The number of aryl methyl sites for hydroxylation is 2. The largest absolute Gasteiger partial charge is 0.347 e. The molecule has 0 bridgehead atoms. The molecule has 1 aromatic carbocycles. The van der Waals surface area contributed by atoms with Gasteiger partial charge in [0.25, 0.3) is 0 Å². The molecule has 2 aromatic rings. The molecule has 68 valence electrons. The van der Waals surface area contributed by atoms with Crippen LogP contribution in [0, 0.1) is 12.7 Å². The molecule has 2 heteroatoms. The number of benzene rings is 1. The highest BCUT2D eigenvalue weighted by atomic mass is 19.1. The average molecular weight is 177 g/mol. The predicted molar refractivity (Wildman–Crippen MR) is 52.3 cm³/mol. The fourth-order valence-electron chi connectivity index (χ4n) is 1.71. The lowest BCUT2D eigenvalue weighted by atomic mass is 10.2. The summed E-state index contributed by atoms with van der Waals surface area (Å²) in [4.78, 5) is 0. The van der Waals surface area contributed by atoms with Crippen molar-refractivity contribution in [1.82, 2.24) is 4.57 Å². The molecule has 13 heavy (non-hydrogen) atoms. The van der Waals surface area contributed by atoms with Crippen molar-refractivity contribution in [2.45, 2.75) is 20.4 Å². The average Bonchev–Trinajstić information content (AvgIpc) is 2.43. The molecular formula is C11H12FN. The first-order chi connectivity index (χ1) is 6.22. The van der Waals surface area contributed by atoms with E-state index in [2.05, 4.69) is 17.7 Å². The minimum atomic E-state index is -0.163. The van der Waals surface area contributed by atoms with Gasteiger partial charge in [0.15, 0.2) is 0 Å². The monoisotopic (exact) mass is 177 g/mol. The lowest BCUT2D eigenvalue weighted by Gasteiger charge is -1.98. The summed E-state index contributed by atoms with van der Waals surface area (Å²) in [7, 11) is 0. The maximum atomic E-state index is 12.9. The van der Waals surface area contributed by atoms with Crippen LogP contribution in [0.5, 0.6) is 0 Å². The highest BCUT2D eigenvalue weighted by molar-refractivity contribution is 5.83. The zero-order chi connectivity index (χ0) is 9.42. The quantitative estimate of drug-likeness (QED) is 0.630. The zero-order valence-corrected chi connectivity index (χ0v) is 7.84. The Morgan fingerprint density at radius 2 is 2.15 bits per heavy atom. The van der Waals surface area contributed by atoms with Crippen molar-refractivity contribution in [2.24, 2.45) is 0 Å². The number of hydrogen-bond donors (Lipinski definition) is 0. The van der Waals surface area contributed by atoms with Gasteiger partial charge >= 0.3 is 0 Å². The summed E-state index contributed by atoms with van der Waals surface area (Å²) in [6.45, 7) is 5.02. The Kier molecular flexibility index (Phi) is 1.83. The van der Waals surface area contributed by atoms with E-state index in [4.69, 9.17) is 0 Å². The first-order valence-corrected chi connectivity index (χ1v) is 4.47. The number of nitrogens with zero attached hydrogens (tertiary/aromatic N) is 1. The number of halogens is 1. The van der Waals surface area contributed by atoms with Gasteiger partial charge in [-0.05, 0) is 37.6 Å². The molecule has 0 atom stereocenters. The van der Waals surface area contributed by atoms with Crippen LogP contribution in [0.4, 0.5) is 4.39 Å². The van der Waals surface area contributed by atoms with Gasteiger partial charge in [-0.2, -0.15) is 0 Å². The lowest BCUT2D eigenvalue weighted by molar-refractivity contribution is 0.629. The normalized spacial score (nSPS) is 11.0. The van der Waals surface area contributed by atoms with Gasteiger partial charge < -0.3 is 4.57 Å². The van der Waals surface area contributed by atoms with E-state index in [0.29, 0.717) is 0 Å². The topological polar surface area (TPSA) is 4.93 Å². The third kappa shape index (κ3) is 1.22. The van der Waals surface area contributed by atoms with Crippen molar-refractivity contribution in [3.05, 3.63) is 35.8 Å². The minimum Gasteiger partial charge on any atom is -0.347 e. The lowest BCUT2D eigenvalue weighted by Crippen LogP contribution is -1.90. The molecule has 0 saturated carbocycles. The minimum absolute atomic E-state index is 0.163. The van der Waals surface area contributed by atoms with E-state index in [9.17, 15) is 4.39 Å². The van der Waals surface area contributed by atoms with Crippen molar-refractivity contribution in [3.8, 4) is 0 Å². The van der Waals surface area contributed by atoms with Gasteiger partial charge in [-0.15, -0.1) is 0 Å². The van der Waals surface area contributed by atoms with Crippen LogP contribution in [-0.4, -0.2) is 4.57 Å². The van der Waals surface area contributed by atoms with Crippen LogP contribution in [-0.2, 0) is 6.54 Å². The molecule has 0 aliphatic rings. The Morgan fingerprint density at radius 3 is 2.85 bits per heavy atom. The highest BCUT2D eigenvalue weighted by Crippen LogP contribution is 2.21. The number of rotatable bonds is 1. The Balaban J connectivity index is 2.80. The third-order valence-corrected chi connectivity index (χ3v) is 2.38. The summed E-state index contributed by atoms with van der Waals surface area (Å²) >= 11 is 0. The van der Waals surface area contributed by atoms with Crippen molar-refractivity contribution < 1.29 is 4.39 Å². The van der Waals surface area contributed by atoms with Gasteiger partial charge in [0.2, 0.25) is 0 Å². The number of fused-ring (bicyclic) bond motifs is 1. The molecule has 0 unspecified atom stereocenters. The van der Waals surface area contributed by atoms with E-state index in [0.717, 1.165) is 23.0 Å². The molecule has 0 saturated heterocycles. The Morgan fingerprint density at radius 1 is 1.38 bits per heavy atom. The van der Waals surface area contributed by atoms with Gasteiger partial charge in [0.1, 0.15) is 5.82 Å². The van der Waals surface area contributed by atoms with Crippen LogP contribution in [0.1, 0.15) is 12.5 Å². The molecular weight excluding hydrogens is 165 g/mol. The summed E-state index contributed by atoms with van der Waals surface area (Å²) in [6.07, 6.45) is 2.06. The summed E-state index contributed by atoms with van der Waals surface area (Å²) in [5.74, 6) is -0.163. The summed E-state index contributed by atoms with van der Waals surface area (Å²) in [6, 6.07) is 4.94. The molecule has 0 N–H and O–H groups in total. The van der Waals surface area contributed by atoms with Crippen molar-refractivity contribution in [3.63, 3.8) is 0 Å². The van der Waals surface area contributed by atoms with Gasteiger partial charge in [0, 0.05) is 23.6 Å². The SMILES string of the molecule is CCn1cc(C)c2cc(F)ccc21. The van der Waals surface area contributed by atoms with E-state index in [1.165, 1.54) is 6.07 Å². The van der Waals surface area contributed by atoms with Crippen molar-refractivity contribution in [1.29, 1.82) is 0 Å². The molecule has 1 aromatic heterocycles. The Bertz CT molecular complexity index is 443. The highest BCUT2D eigenvalue weighted by Gasteiger charge is 2.04. The van der Waals surface area contributed by atoms with Crippen molar-refractivity contribution in [2.75, 3.05) is 0 Å².